The number of halogens is 3. The van der Waals surface area contributed by atoms with Crippen LogP contribution in [0.3, 0.4) is 0 Å². The van der Waals surface area contributed by atoms with Crippen LogP contribution in [0.4, 0.5) is 13.2 Å². The van der Waals surface area contributed by atoms with Crippen molar-refractivity contribution in [2.24, 2.45) is 5.92 Å². The third-order valence-corrected chi connectivity index (χ3v) is 3.92. The number of hydrogen-bond donors (Lipinski definition) is 2. The van der Waals surface area contributed by atoms with Crippen molar-refractivity contribution in [3.8, 4) is 0 Å². The molecule has 2 rings (SSSR count). The normalized spacial score (nSPS) is 17.6. The van der Waals surface area contributed by atoms with E-state index in [1.165, 1.54) is 19.1 Å². The number of rotatable bonds is 5. The van der Waals surface area contributed by atoms with Crippen LogP contribution in [0.25, 0.3) is 0 Å². The summed E-state index contributed by atoms with van der Waals surface area (Å²) in [7, 11) is 0. The summed E-state index contributed by atoms with van der Waals surface area (Å²) >= 11 is 0. The maximum Gasteiger partial charge on any atom is 0.416 e. The molecule has 1 aliphatic rings. The highest BCUT2D eigenvalue weighted by Gasteiger charge is 2.51. The highest BCUT2D eigenvalue weighted by molar-refractivity contribution is 5.91. The quantitative estimate of drug-likeness (QED) is 0.877. The molecule has 0 spiro atoms. The van der Waals surface area contributed by atoms with Gasteiger partial charge < -0.3 is 10.4 Å². The first-order valence-electron chi connectivity index (χ1n) is 6.86. The van der Waals surface area contributed by atoms with E-state index in [2.05, 4.69) is 5.32 Å². The lowest BCUT2D eigenvalue weighted by molar-refractivity contribution is -0.141. The number of hydrogen-bond acceptors (Lipinski definition) is 2. The third kappa shape index (κ3) is 3.23. The number of carbonyl (C=O) groups excluding carboxylic acids is 1. The van der Waals surface area contributed by atoms with E-state index in [-0.39, 0.29) is 6.54 Å². The molecule has 1 fully saturated rings. The van der Waals surface area contributed by atoms with Gasteiger partial charge in [-0.2, -0.15) is 13.2 Å². The summed E-state index contributed by atoms with van der Waals surface area (Å²) in [5.41, 5.74) is -1.43. The number of nitrogens with one attached hydrogen (secondary N) is 1. The number of aliphatic carboxylic acids is 1. The molecule has 1 aromatic rings. The van der Waals surface area contributed by atoms with Crippen LogP contribution in [0.1, 0.15) is 30.9 Å². The second-order valence-electron chi connectivity index (χ2n) is 5.61. The average molecular weight is 315 g/mol. The summed E-state index contributed by atoms with van der Waals surface area (Å²) in [6.45, 7) is 1.40. The highest BCUT2D eigenvalue weighted by Crippen LogP contribution is 2.49. The monoisotopic (exact) mass is 315 g/mol. The van der Waals surface area contributed by atoms with Gasteiger partial charge in [-0.1, -0.05) is 25.1 Å². The zero-order chi connectivity index (χ0) is 16.5. The van der Waals surface area contributed by atoms with Gasteiger partial charge in [0.15, 0.2) is 0 Å². The molecule has 120 valence electrons. The Morgan fingerprint density at radius 2 is 2.00 bits per heavy atom. The van der Waals surface area contributed by atoms with Gasteiger partial charge >= 0.3 is 12.1 Å². The van der Waals surface area contributed by atoms with Crippen LogP contribution in [0.5, 0.6) is 0 Å². The molecular formula is C15H16F3NO3. The van der Waals surface area contributed by atoms with Crippen molar-refractivity contribution >= 4 is 11.9 Å². The number of carbonyl (C=O) groups is 2. The van der Waals surface area contributed by atoms with E-state index in [1.807, 2.05) is 0 Å². The Hall–Kier alpha value is -2.05. The molecule has 1 unspecified atom stereocenters. The second kappa shape index (κ2) is 5.62. The minimum atomic E-state index is -4.46. The molecule has 1 aromatic carbocycles. The number of carboxylic acids is 1. The van der Waals surface area contributed by atoms with Gasteiger partial charge in [-0.15, -0.1) is 0 Å². The van der Waals surface area contributed by atoms with Crippen LogP contribution in [0.15, 0.2) is 24.3 Å². The summed E-state index contributed by atoms with van der Waals surface area (Å²) in [5.74, 6) is -2.20. The largest absolute Gasteiger partial charge is 0.481 e. The predicted molar refractivity (Wildman–Crippen MR) is 72.2 cm³/mol. The predicted octanol–water partition coefficient (Wildman–Crippen LogP) is 2.57. The molecule has 0 heterocycles. The maximum atomic E-state index is 12.8. The molecule has 22 heavy (non-hydrogen) atoms. The van der Waals surface area contributed by atoms with Gasteiger partial charge in [0.05, 0.1) is 16.9 Å². The smallest absolute Gasteiger partial charge is 0.416 e. The van der Waals surface area contributed by atoms with Crippen LogP contribution >= 0.6 is 0 Å². The van der Waals surface area contributed by atoms with Crippen LogP contribution in [0, 0.1) is 5.92 Å². The third-order valence-electron chi connectivity index (χ3n) is 3.92. The van der Waals surface area contributed by atoms with E-state index in [4.69, 9.17) is 5.11 Å². The van der Waals surface area contributed by atoms with Gasteiger partial charge in [-0.25, -0.2) is 0 Å². The van der Waals surface area contributed by atoms with Crippen molar-refractivity contribution in [3.05, 3.63) is 35.4 Å². The van der Waals surface area contributed by atoms with Gasteiger partial charge in [0.2, 0.25) is 5.91 Å². The lowest BCUT2D eigenvalue weighted by Gasteiger charge is -2.18. The first-order valence-corrected chi connectivity index (χ1v) is 6.86. The maximum absolute atomic E-state index is 12.8. The summed E-state index contributed by atoms with van der Waals surface area (Å²) in [5, 5.41) is 11.3. The molecule has 0 saturated heterocycles. The molecule has 4 nitrogen and oxygen atoms in total. The van der Waals surface area contributed by atoms with Gasteiger partial charge in [0, 0.05) is 6.54 Å². The van der Waals surface area contributed by atoms with Gasteiger partial charge in [0.25, 0.3) is 0 Å². The molecule has 0 aliphatic heterocycles. The Balaban J connectivity index is 2.14. The topological polar surface area (TPSA) is 66.4 Å². The van der Waals surface area contributed by atoms with Gasteiger partial charge in [0.1, 0.15) is 0 Å². The lowest BCUT2D eigenvalue weighted by atomic mass is 9.93. The first-order chi connectivity index (χ1) is 10.2. The Bertz CT molecular complexity index is 594. The molecule has 7 heteroatoms. The molecule has 0 aromatic heterocycles. The minimum Gasteiger partial charge on any atom is -0.481 e. The summed E-state index contributed by atoms with van der Waals surface area (Å²) in [6, 6.07) is 4.74. The fraction of sp³-hybridized carbons (Fsp3) is 0.467. The highest BCUT2D eigenvalue weighted by atomic mass is 19.4. The Labute approximate surface area is 125 Å². The molecule has 0 radical (unpaired) electrons. The molecular weight excluding hydrogens is 299 g/mol. The van der Waals surface area contributed by atoms with E-state index in [0.717, 1.165) is 12.1 Å². The number of amides is 1. The molecule has 1 saturated carbocycles. The number of alkyl halides is 3. The van der Waals surface area contributed by atoms with Crippen LogP contribution in [-0.4, -0.2) is 23.5 Å². The van der Waals surface area contributed by atoms with Gasteiger partial charge in [-0.05, 0) is 24.5 Å². The fourth-order valence-corrected chi connectivity index (χ4v) is 2.27. The molecule has 1 atom stereocenters. The molecule has 0 bridgehead atoms. The van der Waals surface area contributed by atoms with Crippen LogP contribution in [0.2, 0.25) is 0 Å². The number of carboxylic acid groups (broad SMARTS) is 1. The summed E-state index contributed by atoms with van der Waals surface area (Å²) in [4.78, 5) is 23.0. The van der Waals surface area contributed by atoms with Crippen molar-refractivity contribution in [3.63, 3.8) is 0 Å². The van der Waals surface area contributed by atoms with Crippen molar-refractivity contribution in [2.45, 2.75) is 31.4 Å². The molecule has 1 amide bonds. The average Bonchev–Trinajstić information content (AvgIpc) is 3.25. The zero-order valence-electron chi connectivity index (χ0n) is 11.9. The molecule has 2 N–H and O–H groups in total. The Kier molecular flexibility index (Phi) is 4.17. The van der Waals surface area contributed by atoms with E-state index in [9.17, 15) is 22.8 Å². The lowest BCUT2D eigenvalue weighted by Crippen LogP contribution is -2.38. The minimum absolute atomic E-state index is 0.0467. The standard InChI is InChI=1S/C15H16F3NO3/c1-9(12(20)21)8-19-13(22)14(5-6-14)10-3-2-4-11(7-10)15(16,17)18/h2-4,7,9H,5-6,8H2,1H3,(H,19,22)(H,20,21). The molecule has 1 aliphatic carbocycles. The van der Waals surface area contributed by atoms with Crippen LogP contribution < -0.4 is 5.32 Å². The van der Waals surface area contributed by atoms with Crippen molar-refractivity contribution in [2.75, 3.05) is 6.54 Å². The number of benzene rings is 1. The van der Waals surface area contributed by atoms with E-state index >= 15 is 0 Å². The summed E-state index contributed by atoms with van der Waals surface area (Å²) < 4.78 is 38.3. The van der Waals surface area contributed by atoms with Crippen molar-refractivity contribution in [1.82, 2.24) is 5.32 Å². The van der Waals surface area contributed by atoms with E-state index in [0.29, 0.717) is 18.4 Å². The van der Waals surface area contributed by atoms with E-state index in [1.54, 1.807) is 0 Å². The van der Waals surface area contributed by atoms with Crippen molar-refractivity contribution < 1.29 is 27.9 Å². The first kappa shape index (κ1) is 16.3. The second-order valence-corrected chi connectivity index (χ2v) is 5.61. The zero-order valence-corrected chi connectivity index (χ0v) is 11.9. The van der Waals surface area contributed by atoms with Crippen LogP contribution in [-0.2, 0) is 21.2 Å². The van der Waals surface area contributed by atoms with Gasteiger partial charge in [-0.3, -0.25) is 9.59 Å². The fourth-order valence-electron chi connectivity index (χ4n) is 2.27. The Morgan fingerprint density at radius 1 is 1.36 bits per heavy atom. The van der Waals surface area contributed by atoms with Crippen molar-refractivity contribution in [1.29, 1.82) is 0 Å². The van der Waals surface area contributed by atoms with E-state index < -0.39 is 34.9 Å². The Morgan fingerprint density at radius 3 is 2.50 bits per heavy atom. The summed E-state index contributed by atoms with van der Waals surface area (Å²) in [6.07, 6.45) is -3.54. The SMILES string of the molecule is CC(CNC(=O)C1(c2cccc(C(F)(F)F)c2)CC1)C(=O)O.